The topological polar surface area (TPSA) is 92.7 Å². The molecule has 1 aliphatic carbocycles. The van der Waals surface area contributed by atoms with E-state index in [0.717, 1.165) is 12.1 Å². The summed E-state index contributed by atoms with van der Waals surface area (Å²) in [4.78, 5) is 35.4. The fraction of sp³-hybridized carbons (Fsp3) is 0.375. The number of hydrogen-bond acceptors (Lipinski definition) is 4. The highest BCUT2D eigenvalue weighted by atomic mass is 35.5. The van der Waals surface area contributed by atoms with Crippen LogP contribution in [-0.2, 0) is 4.79 Å². The van der Waals surface area contributed by atoms with E-state index in [1.165, 1.54) is 0 Å². The molecule has 1 aliphatic rings. The van der Waals surface area contributed by atoms with Crippen LogP contribution in [0.4, 0.5) is 8.78 Å². The number of ketones is 1. The van der Waals surface area contributed by atoms with Gasteiger partial charge in [0.25, 0.3) is 5.91 Å². The highest BCUT2D eigenvalue weighted by Crippen LogP contribution is 2.29. The number of nitrogens with one attached hydrogen (secondary N) is 1. The number of ether oxygens (including phenoxy) is 1. The average molecular weight is 480 g/mol. The predicted octanol–water partition coefficient (Wildman–Crippen LogP) is 5.03. The molecular formula is C24H24ClF2NO5. The number of Topliss-reactive ketones (excluding diaryl/α,β-unsaturated/α-hetero) is 1. The zero-order valence-electron chi connectivity index (χ0n) is 17.8. The largest absolute Gasteiger partial charge is 0.490 e. The van der Waals surface area contributed by atoms with Gasteiger partial charge in [0.1, 0.15) is 17.4 Å². The summed E-state index contributed by atoms with van der Waals surface area (Å²) in [5.74, 6) is -4.38. The van der Waals surface area contributed by atoms with Crippen LogP contribution in [0, 0.1) is 17.6 Å². The molecule has 1 fully saturated rings. The minimum absolute atomic E-state index is 0.0319. The Morgan fingerprint density at radius 2 is 1.64 bits per heavy atom. The Morgan fingerprint density at radius 3 is 2.21 bits per heavy atom. The van der Waals surface area contributed by atoms with Crippen molar-refractivity contribution in [1.82, 2.24) is 5.32 Å². The summed E-state index contributed by atoms with van der Waals surface area (Å²) < 4.78 is 34.6. The van der Waals surface area contributed by atoms with E-state index in [4.69, 9.17) is 21.4 Å². The third-order valence-electron chi connectivity index (χ3n) is 5.59. The lowest BCUT2D eigenvalue weighted by Gasteiger charge is -2.26. The van der Waals surface area contributed by atoms with E-state index < -0.39 is 34.9 Å². The molecule has 0 unspecified atom stereocenters. The number of rotatable bonds is 9. The quantitative estimate of drug-likeness (QED) is 0.388. The summed E-state index contributed by atoms with van der Waals surface area (Å²) >= 11 is 5.78. The molecule has 0 bridgehead atoms. The van der Waals surface area contributed by atoms with Crippen molar-refractivity contribution in [2.24, 2.45) is 5.92 Å². The van der Waals surface area contributed by atoms with Gasteiger partial charge >= 0.3 is 5.97 Å². The first-order chi connectivity index (χ1) is 15.7. The zero-order chi connectivity index (χ0) is 24.0. The Labute approximate surface area is 194 Å². The van der Waals surface area contributed by atoms with Crippen molar-refractivity contribution in [2.75, 3.05) is 6.54 Å². The Kier molecular flexibility index (Phi) is 8.38. The number of hydrogen-bond donors (Lipinski definition) is 2. The maximum Gasteiger partial charge on any atom is 0.306 e. The third kappa shape index (κ3) is 6.74. The normalized spacial score (nSPS) is 17.9. The van der Waals surface area contributed by atoms with E-state index >= 15 is 0 Å². The number of carbonyl (C=O) groups is 3. The molecule has 6 nitrogen and oxygen atoms in total. The van der Waals surface area contributed by atoms with E-state index in [9.17, 15) is 23.2 Å². The molecule has 0 atom stereocenters. The zero-order valence-corrected chi connectivity index (χ0v) is 18.5. The van der Waals surface area contributed by atoms with Gasteiger partial charge in [-0.15, -0.1) is 0 Å². The van der Waals surface area contributed by atoms with Gasteiger partial charge in [0.05, 0.1) is 17.6 Å². The highest BCUT2D eigenvalue weighted by Gasteiger charge is 2.27. The van der Waals surface area contributed by atoms with Crippen LogP contribution in [0.25, 0.3) is 0 Å². The number of halogens is 3. The molecule has 1 amide bonds. The minimum Gasteiger partial charge on any atom is -0.490 e. The first kappa shape index (κ1) is 24.6. The summed E-state index contributed by atoms with van der Waals surface area (Å²) in [6.45, 7) is 0.163. The van der Waals surface area contributed by atoms with Crippen LogP contribution in [-0.4, -0.2) is 35.4 Å². The smallest absolute Gasteiger partial charge is 0.306 e. The van der Waals surface area contributed by atoms with E-state index in [0.29, 0.717) is 36.3 Å². The summed E-state index contributed by atoms with van der Waals surface area (Å²) in [5.41, 5.74) is -0.226. The summed E-state index contributed by atoms with van der Waals surface area (Å²) in [5, 5.41) is 12.2. The molecule has 2 N–H and O–H groups in total. The molecule has 2 aromatic rings. The van der Waals surface area contributed by atoms with Gasteiger partial charge in [0.15, 0.2) is 5.78 Å². The maximum atomic E-state index is 14.5. The number of carboxylic acids is 1. The van der Waals surface area contributed by atoms with Gasteiger partial charge < -0.3 is 15.2 Å². The predicted molar refractivity (Wildman–Crippen MR) is 118 cm³/mol. The van der Waals surface area contributed by atoms with Crippen molar-refractivity contribution in [1.29, 1.82) is 0 Å². The van der Waals surface area contributed by atoms with Gasteiger partial charge in [0.2, 0.25) is 0 Å². The van der Waals surface area contributed by atoms with Gasteiger partial charge in [-0.1, -0.05) is 11.6 Å². The van der Waals surface area contributed by atoms with E-state index in [1.807, 2.05) is 0 Å². The second kappa shape index (κ2) is 11.2. The van der Waals surface area contributed by atoms with Crippen molar-refractivity contribution < 1.29 is 33.0 Å². The Bertz CT molecular complexity index is 997. The monoisotopic (exact) mass is 479 g/mol. The first-order valence-corrected chi connectivity index (χ1v) is 11.1. The second-order valence-electron chi connectivity index (χ2n) is 7.98. The summed E-state index contributed by atoms with van der Waals surface area (Å²) in [7, 11) is 0. The van der Waals surface area contributed by atoms with Crippen LogP contribution in [0.15, 0.2) is 36.4 Å². The van der Waals surface area contributed by atoms with Gasteiger partial charge in [-0.25, -0.2) is 8.78 Å². The van der Waals surface area contributed by atoms with Crippen LogP contribution in [0.5, 0.6) is 5.75 Å². The molecule has 2 aromatic carbocycles. The van der Waals surface area contributed by atoms with Crippen molar-refractivity contribution in [3.8, 4) is 5.75 Å². The first-order valence-electron chi connectivity index (χ1n) is 10.7. The second-order valence-corrected chi connectivity index (χ2v) is 8.42. The third-order valence-corrected chi connectivity index (χ3v) is 5.85. The molecule has 0 heterocycles. The van der Waals surface area contributed by atoms with Crippen molar-refractivity contribution in [3.05, 3.63) is 64.2 Å². The van der Waals surface area contributed by atoms with Gasteiger partial charge in [-0.3, -0.25) is 14.4 Å². The van der Waals surface area contributed by atoms with Crippen molar-refractivity contribution in [2.45, 2.75) is 44.6 Å². The van der Waals surface area contributed by atoms with Crippen LogP contribution >= 0.6 is 11.6 Å². The molecule has 0 spiro atoms. The molecule has 3 rings (SSSR count). The van der Waals surface area contributed by atoms with Gasteiger partial charge in [0, 0.05) is 35.7 Å². The number of benzene rings is 2. The maximum absolute atomic E-state index is 14.5. The van der Waals surface area contributed by atoms with Crippen molar-refractivity contribution in [3.63, 3.8) is 0 Å². The molecule has 9 heteroatoms. The van der Waals surface area contributed by atoms with Gasteiger partial charge in [-0.2, -0.15) is 0 Å². The summed E-state index contributed by atoms with van der Waals surface area (Å²) in [6, 6.07) is 8.24. The number of carbonyl (C=O) groups excluding carboxylic acids is 2. The Balaban J connectivity index is 1.49. The highest BCUT2D eigenvalue weighted by molar-refractivity contribution is 6.30. The lowest BCUT2D eigenvalue weighted by molar-refractivity contribution is -0.143. The SMILES string of the molecule is O=C(NCCCC(=O)c1c(F)cc(OC2CCC(C(=O)O)CC2)cc1F)c1ccc(Cl)cc1. The molecule has 0 aliphatic heterocycles. The number of amides is 1. The Hall–Kier alpha value is -3.00. The van der Waals surface area contributed by atoms with Gasteiger partial charge in [-0.05, 0) is 56.4 Å². The van der Waals surface area contributed by atoms with Crippen LogP contribution in [0.3, 0.4) is 0 Å². The van der Waals surface area contributed by atoms with E-state index in [1.54, 1.807) is 24.3 Å². The van der Waals surface area contributed by atoms with Crippen LogP contribution in [0.1, 0.15) is 59.2 Å². The average Bonchev–Trinajstić information content (AvgIpc) is 2.77. The molecule has 0 radical (unpaired) electrons. The molecule has 0 saturated heterocycles. The molecule has 176 valence electrons. The van der Waals surface area contributed by atoms with Crippen molar-refractivity contribution >= 4 is 29.3 Å². The molecule has 0 aromatic heterocycles. The lowest BCUT2D eigenvalue weighted by Crippen LogP contribution is -2.28. The van der Waals surface area contributed by atoms with Crippen LogP contribution < -0.4 is 10.1 Å². The lowest BCUT2D eigenvalue weighted by atomic mass is 9.87. The standard InChI is InChI=1S/C24H24ClF2NO5/c25-16-7-3-14(4-8-16)23(30)28-11-1-2-21(29)22-19(26)12-18(13-20(22)27)33-17-9-5-15(6-10-17)24(31)32/h3-4,7-8,12-13,15,17H,1-2,5-6,9-11H2,(H,28,30)(H,31,32). The number of carboxylic acid groups (broad SMARTS) is 1. The van der Waals surface area contributed by atoms with Crippen LogP contribution in [0.2, 0.25) is 5.02 Å². The van der Waals surface area contributed by atoms with E-state index in [2.05, 4.69) is 5.32 Å². The molecular weight excluding hydrogens is 456 g/mol. The minimum atomic E-state index is -1.01. The van der Waals surface area contributed by atoms with E-state index in [-0.39, 0.29) is 37.1 Å². The molecule has 33 heavy (non-hydrogen) atoms. The fourth-order valence-corrected chi connectivity index (χ4v) is 3.91. The Morgan fingerprint density at radius 1 is 1.03 bits per heavy atom. The number of aliphatic carboxylic acids is 1. The fourth-order valence-electron chi connectivity index (χ4n) is 3.78. The summed E-state index contributed by atoms with van der Waals surface area (Å²) in [6.07, 6.45) is 1.57. The molecule has 1 saturated carbocycles.